The molecule has 0 aliphatic carbocycles. The van der Waals surface area contributed by atoms with Crippen molar-refractivity contribution in [3.8, 4) is 5.75 Å². The Bertz CT molecular complexity index is 1770. The molecule has 5 aromatic carbocycles. The van der Waals surface area contributed by atoms with Crippen LogP contribution in [0.25, 0.3) is 6.08 Å². The van der Waals surface area contributed by atoms with Gasteiger partial charge in [-0.1, -0.05) is 66.7 Å². The van der Waals surface area contributed by atoms with Gasteiger partial charge in [0.15, 0.2) is 0 Å². The summed E-state index contributed by atoms with van der Waals surface area (Å²) in [6.07, 6.45) is 1.62. The normalized spacial score (nSPS) is 11.7. The molecule has 3 amide bonds. The maximum Gasteiger partial charge on any atom is 0.272 e. The minimum Gasteiger partial charge on any atom is -0.494 e. The molecule has 1 atom stereocenters. The fourth-order valence-corrected chi connectivity index (χ4v) is 5.65. The Morgan fingerprint density at radius 3 is 1.85 bits per heavy atom. The number of rotatable bonds is 12. The first-order valence-corrected chi connectivity index (χ1v) is 16.1. The van der Waals surface area contributed by atoms with Crippen LogP contribution in [0.3, 0.4) is 0 Å². The van der Waals surface area contributed by atoms with Crippen LogP contribution in [-0.2, 0) is 9.59 Å². The van der Waals surface area contributed by atoms with Crippen molar-refractivity contribution in [2.24, 2.45) is 0 Å². The molecule has 0 aliphatic heterocycles. The molecule has 8 heteroatoms. The van der Waals surface area contributed by atoms with E-state index in [-0.39, 0.29) is 11.6 Å². The summed E-state index contributed by atoms with van der Waals surface area (Å²) in [4.78, 5) is 42.8. The number of anilines is 3. The van der Waals surface area contributed by atoms with Crippen molar-refractivity contribution in [2.75, 3.05) is 16.8 Å². The van der Waals surface area contributed by atoms with E-state index in [4.69, 9.17) is 4.74 Å². The van der Waals surface area contributed by atoms with Crippen LogP contribution >= 0.6 is 11.8 Å². The van der Waals surface area contributed by atoms with Crippen LogP contribution in [0.4, 0.5) is 17.1 Å². The van der Waals surface area contributed by atoms with E-state index in [1.807, 2.05) is 117 Å². The molecule has 236 valence electrons. The lowest BCUT2D eigenvalue weighted by Crippen LogP contribution is -2.32. The first-order valence-electron chi connectivity index (χ1n) is 15.2. The van der Waals surface area contributed by atoms with Crippen molar-refractivity contribution < 1.29 is 19.1 Å². The summed E-state index contributed by atoms with van der Waals surface area (Å²) in [6.45, 7) is 4.34. The number of hydrogen-bond donors (Lipinski definition) is 2. The van der Waals surface area contributed by atoms with Gasteiger partial charge in [0, 0.05) is 27.5 Å². The molecular formula is C39H35N3O4S. The van der Waals surface area contributed by atoms with Gasteiger partial charge in [-0.25, -0.2) is 0 Å². The van der Waals surface area contributed by atoms with Crippen molar-refractivity contribution >= 4 is 52.6 Å². The third kappa shape index (κ3) is 8.99. The zero-order valence-electron chi connectivity index (χ0n) is 26.1. The quantitative estimate of drug-likeness (QED) is 0.106. The highest BCUT2D eigenvalue weighted by molar-refractivity contribution is 8.00. The average molecular weight is 642 g/mol. The van der Waals surface area contributed by atoms with E-state index in [0.29, 0.717) is 23.6 Å². The number of amides is 3. The second kappa shape index (κ2) is 16.1. The molecule has 5 rings (SSSR count). The van der Waals surface area contributed by atoms with Crippen molar-refractivity contribution in [2.45, 2.75) is 24.0 Å². The minimum atomic E-state index is -0.478. The topological polar surface area (TPSA) is 87.7 Å². The highest BCUT2D eigenvalue weighted by atomic mass is 32.2. The predicted octanol–water partition coefficient (Wildman–Crippen LogP) is 8.34. The van der Waals surface area contributed by atoms with E-state index < -0.39 is 17.1 Å². The molecule has 5 aromatic rings. The van der Waals surface area contributed by atoms with Gasteiger partial charge in [0.05, 0.1) is 11.9 Å². The van der Waals surface area contributed by atoms with E-state index >= 15 is 0 Å². The van der Waals surface area contributed by atoms with Crippen molar-refractivity contribution in [3.05, 3.63) is 156 Å². The van der Waals surface area contributed by atoms with Gasteiger partial charge in [0.2, 0.25) is 5.91 Å². The monoisotopic (exact) mass is 641 g/mol. The molecule has 0 spiro atoms. The molecule has 47 heavy (non-hydrogen) atoms. The minimum absolute atomic E-state index is 0.0528. The largest absolute Gasteiger partial charge is 0.494 e. The van der Waals surface area contributed by atoms with Gasteiger partial charge in [-0.15, -0.1) is 11.8 Å². The van der Waals surface area contributed by atoms with Gasteiger partial charge < -0.3 is 15.4 Å². The van der Waals surface area contributed by atoms with E-state index in [1.165, 1.54) is 11.8 Å². The van der Waals surface area contributed by atoms with Gasteiger partial charge in [-0.05, 0) is 98.3 Å². The van der Waals surface area contributed by atoms with E-state index in [9.17, 15) is 14.4 Å². The third-order valence-electron chi connectivity index (χ3n) is 7.05. The fraction of sp³-hybridized carbons (Fsp3) is 0.103. The third-order valence-corrected chi connectivity index (χ3v) is 8.15. The number of ether oxygens (including phenoxy) is 1. The van der Waals surface area contributed by atoms with Crippen molar-refractivity contribution in [1.29, 1.82) is 0 Å². The van der Waals surface area contributed by atoms with Crippen LogP contribution < -0.4 is 20.3 Å². The lowest BCUT2D eigenvalue weighted by atomic mass is 10.1. The van der Waals surface area contributed by atoms with Gasteiger partial charge in [-0.3, -0.25) is 19.3 Å². The molecule has 7 nitrogen and oxygen atoms in total. The van der Waals surface area contributed by atoms with Crippen molar-refractivity contribution in [1.82, 2.24) is 5.32 Å². The summed E-state index contributed by atoms with van der Waals surface area (Å²) >= 11 is 1.43. The van der Waals surface area contributed by atoms with Crippen LogP contribution in [0, 0.1) is 0 Å². The van der Waals surface area contributed by atoms with Crippen LogP contribution in [0.1, 0.15) is 29.8 Å². The maximum absolute atomic E-state index is 13.7. The number of benzene rings is 5. The van der Waals surface area contributed by atoms with E-state index in [0.717, 1.165) is 21.8 Å². The summed E-state index contributed by atoms with van der Waals surface area (Å²) < 4.78 is 5.52. The van der Waals surface area contributed by atoms with Crippen LogP contribution in [-0.4, -0.2) is 29.6 Å². The summed E-state index contributed by atoms with van der Waals surface area (Å²) in [5, 5.41) is 5.25. The maximum atomic E-state index is 13.7. The first kappa shape index (κ1) is 32.8. The Kier molecular flexibility index (Phi) is 11.2. The average Bonchev–Trinajstić information content (AvgIpc) is 3.11. The number of nitrogens with one attached hydrogen (secondary N) is 2. The molecule has 0 aromatic heterocycles. The van der Waals surface area contributed by atoms with Crippen molar-refractivity contribution in [3.63, 3.8) is 0 Å². The zero-order chi connectivity index (χ0) is 33.0. The van der Waals surface area contributed by atoms with E-state index in [1.54, 1.807) is 47.4 Å². The Hall–Kier alpha value is -5.60. The number of hydrogen-bond acceptors (Lipinski definition) is 5. The fourth-order valence-electron chi connectivity index (χ4n) is 4.75. The number of carbonyl (C=O) groups excluding carboxylic acids is 3. The second-order valence-corrected chi connectivity index (χ2v) is 11.9. The molecule has 0 bridgehead atoms. The second-order valence-electron chi connectivity index (χ2n) is 10.5. The molecular weight excluding hydrogens is 607 g/mol. The number of thioether (sulfide) groups is 1. The SMILES string of the molecule is CCOc1ccc(/C=C(\NC(=O)c2ccccc2)C(=O)Nc2ccc(SC(C)C(=O)N(c3ccccc3)c3ccccc3)cc2)cc1. The van der Waals surface area contributed by atoms with Gasteiger partial charge in [0.25, 0.3) is 11.8 Å². The summed E-state index contributed by atoms with van der Waals surface area (Å²) in [5.74, 6) is -0.217. The highest BCUT2D eigenvalue weighted by Crippen LogP contribution is 2.31. The molecule has 0 heterocycles. The molecule has 0 saturated carbocycles. The summed E-state index contributed by atoms with van der Waals surface area (Å²) in [5.41, 5.74) is 3.37. The molecule has 0 radical (unpaired) electrons. The molecule has 2 N–H and O–H groups in total. The predicted molar refractivity (Wildman–Crippen MR) is 190 cm³/mol. The Labute approximate surface area is 279 Å². The van der Waals surface area contributed by atoms with Gasteiger partial charge >= 0.3 is 0 Å². The molecule has 0 saturated heterocycles. The number of carbonyl (C=O) groups is 3. The molecule has 1 unspecified atom stereocenters. The summed E-state index contributed by atoms with van der Waals surface area (Å²) in [7, 11) is 0. The Morgan fingerprint density at radius 1 is 0.745 bits per heavy atom. The standard InChI is InChI=1S/C39H35N3O4S/c1-3-46-34-23-19-29(20-24-34)27-36(41-37(43)30-13-7-4-8-14-30)38(44)40-31-21-25-35(26-22-31)47-28(2)39(45)42(32-15-9-5-10-16-32)33-17-11-6-12-18-33/h4-28H,3H2,1-2H3,(H,40,44)(H,41,43)/b36-27-. The lowest BCUT2D eigenvalue weighted by molar-refractivity contribution is -0.117. The van der Waals surface area contributed by atoms with Crippen LogP contribution in [0.5, 0.6) is 5.75 Å². The Morgan fingerprint density at radius 2 is 1.30 bits per heavy atom. The first-order chi connectivity index (χ1) is 22.9. The van der Waals surface area contributed by atoms with Crippen LogP contribution in [0.2, 0.25) is 0 Å². The molecule has 0 aliphatic rings. The lowest BCUT2D eigenvalue weighted by Gasteiger charge is -2.26. The molecule has 0 fully saturated rings. The highest BCUT2D eigenvalue weighted by Gasteiger charge is 2.24. The zero-order valence-corrected chi connectivity index (χ0v) is 26.9. The smallest absolute Gasteiger partial charge is 0.272 e. The number of nitrogens with zero attached hydrogens (tertiary/aromatic N) is 1. The Balaban J connectivity index is 1.29. The summed E-state index contributed by atoms with van der Waals surface area (Å²) in [6, 6.07) is 42.4. The van der Waals surface area contributed by atoms with Crippen LogP contribution in [0.15, 0.2) is 150 Å². The number of para-hydroxylation sites is 2. The van der Waals surface area contributed by atoms with Gasteiger partial charge in [-0.2, -0.15) is 0 Å². The van der Waals surface area contributed by atoms with E-state index in [2.05, 4.69) is 10.6 Å². The van der Waals surface area contributed by atoms with Gasteiger partial charge in [0.1, 0.15) is 11.4 Å².